The maximum Gasteiger partial charge on any atom is 0.0265 e. The zero-order valence-electron chi connectivity index (χ0n) is 16.9. The highest BCUT2D eigenvalue weighted by atomic mass is 79.9. The van der Waals surface area contributed by atoms with Gasteiger partial charge in [-0.2, -0.15) is 0 Å². The molecule has 0 atom stereocenters. The molecule has 1 aliphatic rings. The van der Waals surface area contributed by atoms with Gasteiger partial charge in [0.2, 0.25) is 0 Å². The molecule has 0 spiro atoms. The molecule has 0 aromatic carbocycles. The smallest absolute Gasteiger partial charge is 0.0265 e. The molecule has 1 rings (SSSR count). The summed E-state index contributed by atoms with van der Waals surface area (Å²) in [4.78, 5) is 0. The SMILES string of the molecule is CC(C)(Br)C1(C)C(C)(C)C(C)(C)C(C)(C)C(C)(C)C1(C)C. The lowest BCUT2D eigenvalue weighted by atomic mass is 9.26. The minimum absolute atomic E-state index is 0.0675. The van der Waals surface area contributed by atoms with Crippen LogP contribution in [0.1, 0.15) is 90.0 Å². The molecule has 126 valence electrons. The molecule has 0 aromatic rings. The highest BCUT2D eigenvalue weighted by Crippen LogP contribution is 2.80. The van der Waals surface area contributed by atoms with Crippen LogP contribution in [0.2, 0.25) is 0 Å². The molecule has 0 aromatic heterocycles. The van der Waals surface area contributed by atoms with Crippen molar-refractivity contribution in [1.29, 1.82) is 0 Å². The number of alkyl halides is 1. The van der Waals surface area contributed by atoms with Gasteiger partial charge in [0.05, 0.1) is 0 Å². The maximum absolute atomic E-state index is 4.09. The monoisotopic (exact) mass is 358 g/mol. The average Bonchev–Trinajstić information content (AvgIpc) is 2.23. The van der Waals surface area contributed by atoms with Gasteiger partial charge in [-0.25, -0.2) is 0 Å². The molecule has 21 heavy (non-hydrogen) atoms. The van der Waals surface area contributed by atoms with Gasteiger partial charge in [-0.1, -0.05) is 92.1 Å². The summed E-state index contributed by atoms with van der Waals surface area (Å²) in [6.45, 7) is 32.1. The Morgan fingerprint density at radius 3 is 0.857 bits per heavy atom. The quantitative estimate of drug-likeness (QED) is 0.431. The van der Waals surface area contributed by atoms with Gasteiger partial charge < -0.3 is 0 Å². The van der Waals surface area contributed by atoms with Crippen LogP contribution in [0.25, 0.3) is 0 Å². The summed E-state index contributed by atoms with van der Waals surface area (Å²) >= 11 is 4.09. The second kappa shape index (κ2) is 4.31. The van der Waals surface area contributed by atoms with Gasteiger partial charge >= 0.3 is 0 Å². The number of rotatable bonds is 1. The highest BCUT2D eigenvalue weighted by molar-refractivity contribution is 9.10. The Morgan fingerprint density at radius 2 is 0.667 bits per heavy atom. The standard InChI is InChI=1S/C20H39Br/c1-14(2)15(3,4)17(7,8)20(13,19(11,12)21)18(9,10)16(14,5)6/h1-13H3. The van der Waals surface area contributed by atoms with Crippen LogP contribution in [0, 0.1) is 32.5 Å². The molecule has 0 saturated heterocycles. The summed E-state index contributed by atoms with van der Waals surface area (Å²) in [6.07, 6.45) is 0. The Balaban J connectivity index is 3.93. The number of hydrogen-bond acceptors (Lipinski definition) is 0. The fourth-order valence-electron chi connectivity index (χ4n) is 5.86. The van der Waals surface area contributed by atoms with Crippen LogP contribution >= 0.6 is 15.9 Å². The van der Waals surface area contributed by atoms with E-state index in [1.54, 1.807) is 0 Å². The van der Waals surface area contributed by atoms with E-state index in [2.05, 4.69) is 106 Å². The second-order valence-electron chi connectivity index (χ2n) is 10.7. The van der Waals surface area contributed by atoms with Crippen molar-refractivity contribution >= 4 is 15.9 Å². The molecule has 0 N–H and O–H groups in total. The summed E-state index contributed by atoms with van der Waals surface area (Å²) in [5.74, 6) is 0. The van der Waals surface area contributed by atoms with Gasteiger partial charge in [0.25, 0.3) is 0 Å². The summed E-state index contributed by atoms with van der Waals surface area (Å²) in [5.41, 5.74) is 1.21. The van der Waals surface area contributed by atoms with Crippen LogP contribution in [0.5, 0.6) is 0 Å². The molecule has 1 saturated carbocycles. The van der Waals surface area contributed by atoms with Gasteiger partial charge in [0, 0.05) is 4.32 Å². The van der Waals surface area contributed by atoms with E-state index in [0.717, 1.165) is 0 Å². The first-order valence-corrected chi connectivity index (χ1v) is 9.23. The molecule has 0 amide bonds. The van der Waals surface area contributed by atoms with Crippen LogP contribution < -0.4 is 0 Å². The van der Waals surface area contributed by atoms with Crippen molar-refractivity contribution in [1.82, 2.24) is 0 Å². The first-order valence-electron chi connectivity index (χ1n) is 8.44. The summed E-state index contributed by atoms with van der Waals surface area (Å²) in [7, 11) is 0. The van der Waals surface area contributed by atoms with Crippen molar-refractivity contribution in [2.24, 2.45) is 32.5 Å². The Kier molecular flexibility index (Phi) is 4.00. The predicted octanol–water partition coefficient (Wildman–Crippen LogP) is 7.31. The Morgan fingerprint density at radius 1 is 0.476 bits per heavy atom. The van der Waals surface area contributed by atoms with E-state index < -0.39 is 0 Å². The zero-order chi connectivity index (χ0) is 17.5. The molecule has 0 bridgehead atoms. The van der Waals surface area contributed by atoms with Crippen molar-refractivity contribution in [2.45, 2.75) is 94.3 Å². The highest BCUT2D eigenvalue weighted by Gasteiger charge is 2.75. The Hall–Kier alpha value is 0.480. The first-order chi connectivity index (χ1) is 8.75. The largest absolute Gasteiger partial charge is 0.0853 e. The lowest BCUT2D eigenvalue weighted by Gasteiger charge is -2.79. The normalized spacial score (nSPS) is 31.7. The average molecular weight is 359 g/mol. The van der Waals surface area contributed by atoms with Gasteiger partial charge in [-0.15, -0.1) is 0 Å². The lowest BCUT2D eigenvalue weighted by Crippen LogP contribution is -2.75. The van der Waals surface area contributed by atoms with Gasteiger partial charge in [-0.05, 0) is 46.3 Å². The summed E-state index contributed by atoms with van der Waals surface area (Å²) in [5, 5.41) is 0. The predicted molar refractivity (Wildman–Crippen MR) is 100 cm³/mol. The van der Waals surface area contributed by atoms with E-state index in [4.69, 9.17) is 0 Å². The van der Waals surface area contributed by atoms with Crippen molar-refractivity contribution in [2.75, 3.05) is 0 Å². The van der Waals surface area contributed by atoms with Crippen LogP contribution in [0.4, 0.5) is 0 Å². The third-order valence-corrected chi connectivity index (χ3v) is 10.7. The zero-order valence-corrected chi connectivity index (χ0v) is 18.5. The van der Waals surface area contributed by atoms with E-state index in [0.29, 0.717) is 0 Å². The van der Waals surface area contributed by atoms with Gasteiger partial charge in [-0.3, -0.25) is 0 Å². The minimum atomic E-state index is 0.0675. The van der Waals surface area contributed by atoms with Crippen LogP contribution in [-0.2, 0) is 0 Å². The number of hydrogen-bond donors (Lipinski definition) is 0. The summed E-state index contributed by atoms with van der Waals surface area (Å²) in [6, 6.07) is 0. The molecule has 0 aliphatic heterocycles. The van der Waals surface area contributed by atoms with Crippen molar-refractivity contribution in [3.05, 3.63) is 0 Å². The van der Waals surface area contributed by atoms with E-state index >= 15 is 0 Å². The van der Waals surface area contributed by atoms with Crippen molar-refractivity contribution in [3.63, 3.8) is 0 Å². The minimum Gasteiger partial charge on any atom is -0.0853 e. The molecular weight excluding hydrogens is 320 g/mol. The third kappa shape index (κ3) is 1.74. The van der Waals surface area contributed by atoms with E-state index in [1.165, 1.54) is 0 Å². The molecule has 1 fully saturated rings. The second-order valence-corrected chi connectivity index (χ2v) is 12.7. The number of halogens is 1. The van der Waals surface area contributed by atoms with E-state index in [9.17, 15) is 0 Å². The molecule has 0 heterocycles. The molecular formula is C20H39Br. The third-order valence-electron chi connectivity index (χ3n) is 9.94. The topological polar surface area (TPSA) is 0 Å². The van der Waals surface area contributed by atoms with E-state index in [-0.39, 0.29) is 36.8 Å². The fraction of sp³-hybridized carbons (Fsp3) is 1.00. The molecule has 0 unspecified atom stereocenters. The summed E-state index contributed by atoms with van der Waals surface area (Å²) < 4.78 is 0.0675. The van der Waals surface area contributed by atoms with Gasteiger partial charge in [0.15, 0.2) is 0 Å². The van der Waals surface area contributed by atoms with Crippen molar-refractivity contribution in [3.8, 4) is 0 Å². The van der Waals surface area contributed by atoms with Crippen LogP contribution in [0.15, 0.2) is 0 Å². The van der Waals surface area contributed by atoms with Crippen LogP contribution in [0.3, 0.4) is 0 Å². The first kappa shape index (κ1) is 19.5. The Labute approximate surface area is 143 Å². The molecule has 0 nitrogen and oxygen atoms in total. The van der Waals surface area contributed by atoms with E-state index in [1.807, 2.05) is 0 Å². The van der Waals surface area contributed by atoms with Gasteiger partial charge in [0.1, 0.15) is 0 Å². The molecule has 1 aliphatic carbocycles. The molecule has 1 heteroatoms. The Bertz CT molecular complexity index is 397. The van der Waals surface area contributed by atoms with Crippen LogP contribution in [-0.4, -0.2) is 4.32 Å². The molecule has 0 radical (unpaired) electrons. The fourth-order valence-corrected chi connectivity index (χ4v) is 6.85. The maximum atomic E-state index is 4.09. The lowest BCUT2D eigenvalue weighted by molar-refractivity contribution is -0.296. The van der Waals surface area contributed by atoms with Crippen molar-refractivity contribution < 1.29 is 0 Å².